The molecule has 4 heteroatoms. The highest BCUT2D eigenvalue weighted by Gasteiger charge is 2.40. The zero-order valence-corrected chi connectivity index (χ0v) is 11.4. The molecule has 0 spiro atoms. The molecular formula is C16H18N2O2. The Labute approximate surface area is 118 Å². The van der Waals surface area contributed by atoms with Crippen LogP contribution in [-0.4, -0.2) is 24.4 Å². The van der Waals surface area contributed by atoms with Crippen LogP contribution in [0.1, 0.15) is 25.7 Å². The summed E-state index contributed by atoms with van der Waals surface area (Å²) in [4.78, 5) is 28.1. The number of nitrogens with zero attached hydrogens (tertiary/aromatic N) is 2. The minimum absolute atomic E-state index is 0.108. The van der Waals surface area contributed by atoms with E-state index in [0.717, 1.165) is 17.8 Å². The van der Waals surface area contributed by atoms with E-state index in [4.69, 9.17) is 0 Å². The minimum Gasteiger partial charge on any atom is -0.308 e. The molecule has 2 amide bonds. The van der Waals surface area contributed by atoms with E-state index in [1.807, 2.05) is 34.1 Å². The number of carbonyl (C=O) groups excluding carboxylic acids is 2. The van der Waals surface area contributed by atoms with E-state index in [2.05, 4.69) is 6.58 Å². The summed E-state index contributed by atoms with van der Waals surface area (Å²) in [6.07, 6.45) is 4.33. The fraction of sp³-hybridized carbons (Fsp3) is 0.375. The maximum Gasteiger partial charge on any atom is 0.227 e. The Morgan fingerprint density at radius 3 is 2.85 bits per heavy atom. The van der Waals surface area contributed by atoms with Crippen LogP contribution in [0, 0.1) is 0 Å². The van der Waals surface area contributed by atoms with Gasteiger partial charge in [-0.25, -0.2) is 0 Å². The van der Waals surface area contributed by atoms with Crippen molar-refractivity contribution in [2.24, 2.45) is 0 Å². The molecule has 0 saturated carbocycles. The van der Waals surface area contributed by atoms with Crippen LogP contribution in [-0.2, 0) is 9.59 Å². The minimum atomic E-state index is 0.108. The Morgan fingerprint density at radius 1 is 1.35 bits per heavy atom. The molecule has 0 bridgehead atoms. The molecule has 0 aromatic heterocycles. The molecule has 2 heterocycles. The third-order valence-corrected chi connectivity index (χ3v) is 4.01. The number of carbonyl (C=O) groups is 2. The topological polar surface area (TPSA) is 40.6 Å². The van der Waals surface area contributed by atoms with Crippen LogP contribution in [0.2, 0.25) is 0 Å². The molecular weight excluding hydrogens is 252 g/mol. The highest BCUT2D eigenvalue weighted by atomic mass is 16.2. The molecule has 0 radical (unpaired) electrons. The number of allylic oxidation sites excluding steroid dienone is 1. The van der Waals surface area contributed by atoms with Crippen molar-refractivity contribution >= 4 is 23.2 Å². The lowest BCUT2D eigenvalue weighted by atomic mass is 10.1. The number of benzene rings is 1. The van der Waals surface area contributed by atoms with Crippen molar-refractivity contribution in [1.29, 1.82) is 0 Å². The Kier molecular flexibility index (Phi) is 3.30. The van der Waals surface area contributed by atoms with Gasteiger partial charge in [0, 0.05) is 19.4 Å². The van der Waals surface area contributed by atoms with Gasteiger partial charge < -0.3 is 9.80 Å². The van der Waals surface area contributed by atoms with Crippen LogP contribution in [0.25, 0.3) is 0 Å². The van der Waals surface area contributed by atoms with Gasteiger partial charge in [-0.15, -0.1) is 6.58 Å². The zero-order chi connectivity index (χ0) is 14.1. The van der Waals surface area contributed by atoms with E-state index in [9.17, 15) is 9.59 Å². The van der Waals surface area contributed by atoms with Gasteiger partial charge in [0.05, 0.1) is 17.4 Å². The van der Waals surface area contributed by atoms with Gasteiger partial charge in [0.1, 0.15) is 0 Å². The van der Waals surface area contributed by atoms with E-state index >= 15 is 0 Å². The van der Waals surface area contributed by atoms with Crippen LogP contribution in [0.15, 0.2) is 36.9 Å². The smallest absolute Gasteiger partial charge is 0.227 e. The van der Waals surface area contributed by atoms with Crippen LogP contribution >= 0.6 is 0 Å². The number of para-hydroxylation sites is 2. The van der Waals surface area contributed by atoms with E-state index in [-0.39, 0.29) is 17.9 Å². The highest BCUT2D eigenvalue weighted by Crippen LogP contribution is 2.39. The molecule has 1 atom stereocenters. The molecule has 1 unspecified atom stereocenters. The van der Waals surface area contributed by atoms with Gasteiger partial charge in [-0.1, -0.05) is 18.2 Å². The van der Waals surface area contributed by atoms with Gasteiger partial charge in [-0.05, 0) is 25.0 Å². The van der Waals surface area contributed by atoms with Crippen LogP contribution in [0.5, 0.6) is 0 Å². The van der Waals surface area contributed by atoms with Crippen molar-refractivity contribution < 1.29 is 9.59 Å². The summed E-state index contributed by atoms with van der Waals surface area (Å²) < 4.78 is 0. The van der Waals surface area contributed by atoms with E-state index in [0.29, 0.717) is 25.8 Å². The van der Waals surface area contributed by atoms with Gasteiger partial charge in [-0.2, -0.15) is 0 Å². The number of hydrogen-bond donors (Lipinski definition) is 0. The monoisotopic (exact) mass is 270 g/mol. The molecule has 1 fully saturated rings. The molecule has 104 valence electrons. The van der Waals surface area contributed by atoms with Crippen molar-refractivity contribution in [2.75, 3.05) is 16.3 Å². The van der Waals surface area contributed by atoms with Crippen molar-refractivity contribution in [3.05, 3.63) is 36.9 Å². The first-order valence-corrected chi connectivity index (χ1v) is 7.04. The summed E-state index contributed by atoms with van der Waals surface area (Å²) in [5.74, 6) is 0.275. The van der Waals surface area contributed by atoms with Crippen LogP contribution in [0.3, 0.4) is 0 Å². The first-order chi connectivity index (χ1) is 9.72. The Morgan fingerprint density at radius 2 is 2.10 bits per heavy atom. The number of hydrogen-bond acceptors (Lipinski definition) is 2. The molecule has 3 rings (SSSR count). The number of anilines is 2. The van der Waals surface area contributed by atoms with Gasteiger partial charge in [-0.3, -0.25) is 9.59 Å². The van der Waals surface area contributed by atoms with Crippen LogP contribution in [0.4, 0.5) is 11.4 Å². The maximum absolute atomic E-state index is 12.4. The second-order valence-corrected chi connectivity index (χ2v) is 5.28. The van der Waals surface area contributed by atoms with E-state index in [1.54, 1.807) is 6.08 Å². The predicted molar refractivity (Wildman–Crippen MR) is 78.7 cm³/mol. The van der Waals surface area contributed by atoms with Gasteiger partial charge in [0.2, 0.25) is 11.8 Å². The average Bonchev–Trinajstić information content (AvgIpc) is 2.85. The molecule has 1 saturated heterocycles. The first kappa shape index (κ1) is 12.9. The summed E-state index contributed by atoms with van der Waals surface area (Å²) in [5, 5.41) is 0. The summed E-state index contributed by atoms with van der Waals surface area (Å²) in [6.45, 7) is 4.27. The van der Waals surface area contributed by atoms with Crippen molar-refractivity contribution in [3.8, 4) is 0 Å². The van der Waals surface area contributed by atoms with Crippen LogP contribution < -0.4 is 9.80 Å². The average molecular weight is 270 g/mol. The number of fused-ring (bicyclic) bond motifs is 3. The first-order valence-electron chi connectivity index (χ1n) is 7.04. The Bertz CT molecular complexity index is 567. The lowest BCUT2D eigenvalue weighted by Crippen LogP contribution is -2.49. The molecule has 1 aromatic carbocycles. The summed E-state index contributed by atoms with van der Waals surface area (Å²) >= 11 is 0. The third-order valence-electron chi connectivity index (χ3n) is 4.01. The lowest BCUT2D eigenvalue weighted by molar-refractivity contribution is -0.119. The number of rotatable bonds is 3. The molecule has 2 aliphatic heterocycles. The molecule has 2 aliphatic rings. The van der Waals surface area contributed by atoms with Crippen molar-refractivity contribution in [1.82, 2.24) is 0 Å². The Hall–Kier alpha value is -2.10. The maximum atomic E-state index is 12.4. The normalized spacial score (nSPS) is 20.6. The molecule has 1 aromatic rings. The van der Waals surface area contributed by atoms with Gasteiger partial charge in [0.15, 0.2) is 0 Å². The van der Waals surface area contributed by atoms with E-state index in [1.165, 1.54) is 0 Å². The summed E-state index contributed by atoms with van der Waals surface area (Å²) in [5.41, 5.74) is 1.73. The largest absolute Gasteiger partial charge is 0.308 e. The Balaban J connectivity index is 1.96. The van der Waals surface area contributed by atoms with Crippen molar-refractivity contribution in [2.45, 2.75) is 31.7 Å². The SMILES string of the molecule is C=CCCC(=O)N1CC2CCC(=O)N2c2ccccc21. The van der Waals surface area contributed by atoms with Crippen molar-refractivity contribution in [3.63, 3.8) is 0 Å². The third kappa shape index (κ3) is 2.01. The predicted octanol–water partition coefficient (Wildman–Crippen LogP) is 2.49. The molecule has 0 aliphatic carbocycles. The fourth-order valence-electron chi connectivity index (χ4n) is 3.05. The number of amides is 2. The second kappa shape index (κ2) is 5.12. The molecule has 20 heavy (non-hydrogen) atoms. The second-order valence-electron chi connectivity index (χ2n) is 5.28. The molecule has 4 nitrogen and oxygen atoms in total. The summed E-state index contributed by atoms with van der Waals surface area (Å²) in [7, 11) is 0. The molecule has 0 N–H and O–H groups in total. The summed E-state index contributed by atoms with van der Waals surface area (Å²) in [6, 6.07) is 7.80. The van der Waals surface area contributed by atoms with E-state index < -0.39 is 0 Å². The standard InChI is InChI=1S/C16H18N2O2/c1-2-3-8-15(19)17-11-12-9-10-16(20)18(12)14-7-5-4-6-13(14)17/h2,4-7,12H,1,3,8-11H2. The quantitative estimate of drug-likeness (QED) is 0.792. The fourth-order valence-corrected chi connectivity index (χ4v) is 3.05. The lowest BCUT2D eigenvalue weighted by Gasteiger charge is -2.39. The van der Waals surface area contributed by atoms with Gasteiger partial charge >= 0.3 is 0 Å². The zero-order valence-electron chi connectivity index (χ0n) is 11.4. The van der Waals surface area contributed by atoms with Gasteiger partial charge in [0.25, 0.3) is 0 Å². The highest BCUT2D eigenvalue weighted by molar-refractivity contribution is 6.05.